The fourth-order valence-electron chi connectivity index (χ4n) is 3.18. The second-order valence-corrected chi connectivity index (χ2v) is 8.46. The Morgan fingerprint density at radius 1 is 1.19 bits per heavy atom. The van der Waals surface area contributed by atoms with E-state index in [1.54, 1.807) is 25.3 Å². The zero-order valence-electron chi connectivity index (χ0n) is 18.2. The molecule has 168 valence electrons. The van der Waals surface area contributed by atoms with Gasteiger partial charge in [0.1, 0.15) is 11.5 Å². The van der Waals surface area contributed by atoms with Gasteiger partial charge in [-0.15, -0.1) is 10.2 Å². The SMILES string of the molecule is C=C(Cl)CSc1nnc([C@@H](Cc2ccccc2)NC(=O)c2ccc(OC)cc2OC)n1C. The number of hydrogen-bond acceptors (Lipinski definition) is 6. The Morgan fingerprint density at radius 3 is 2.59 bits per heavy atom. The second kappa shape index (κ2) is 11.1. The first-order valence-electron chi connectivity index (χ1n) is 9.85. The molecule has 0 saturated heterocycles. The minimum Gasteiger partial charge on any atom is -0.497 e. The van der Waals surface area contributed by atoms with Gasteiger partial charge in [0.15, 0.2) is 11.0 Å². The maximum absolute atomic E-state index is 13.2. The van der Waals surface area contributed by atoms with Crippen molar-refractivity contribution in [2.45, 2.75) is 17.6 Å². The number of nitrogens with one attached hydrogen (secondary N) is 1. The number of methoxy groups -OCH3 is 2. The highest BCUT2D eigenvalue weighted by molar-refractivity contribution is 7.99. The summed E-state index contributed by atoms with van der Waals surface area (Å²) in [7, 11) is 4.95. The number of ether oxygens (including phenoxy) is 2. The maximum Gasteiger partial charge on any atom is 0.255 e. The van der Waals surface area contributed by atoms with E-state index in [-0.39, 0.29) is 5.91 Å². The van der Waals surface area contributed by atoms with Gasteiger partial charge in [0.05, 0.1) is 25.8 Å². The van der Waals surface area contributed by atoms with E-state index in [0.717, 1.165) is 5.56 Å². The first-order chi connectivity index (χ1) is 15.4. The molecular weight excluding hydrogens is 448 g/mol. The van der Waals surface area contributed by atoms with E-state index in [4.69, 9.17) is 21.1 Å². The lowest BCUT2D eigenvalue weighted by Crippen LogP contribution is -2.32. The monoisotopic (exact) mass is 472 g/mol. The van der Waals surface area contributed by atoms with E-state index >= 15 is 0 Å². The van der Waals surface area contributed by atoms with Crippen molar-refractivity contribution in [2.75, 3.05) is 20.0 Å². The molecule has 3 rings (SSSR count). The Kier molecular flexibility index (Phi) is 8.19. The fourth-order valence-corrected chi connectivity index (χ4v) is 4.01. The van der Waals surface area contributed by atoms with Crippen molar-refractivity contribution >= 4 is 29.3 Å². The molecule has 1 atom stereocenters. The molecule has 0 spiro atoms. The minimum absolute atomic E-state index is 0.281. The number of carbonyl (C=O) groups excluding carboxylic acids is 1. The molecule has 0 fully saturated rings. The molecule has 2 aromatic carbocycles. The third kappa shape index (κ3) is 5.83. The molecule has 1 amide bonds. The zero-order chi connectivity index (χ0) is 23.1. The van der Waals surface area contributed by atoms with Crippen molar-refractivity contribution in [1.82, 2.24) is 20.1 Å². The van der Waals surface area contributed by atoms with Crippen LogP contribution in [0, 0.1) is 0 Å². The molecule has 0 aliphatic heterocycles. The van der Waals surface area contributed by atoms with Crippen LogP contribution in [0.4, 0.5) is 0 Å². The molecule has 32 heavy (non-hydrogen) atoms. The van der Waals surface area contributed by atoms with Crippen LogP contribution in [0.3, 0.4) is 0 Å². The van der Waals surface area contributed by atoms with Crippen LogP contribution in [0.15, 0.2) is 65.3 Å². The van der Waals surface area contributed by atoms with E-state index < -0.39 is 6.04 Å². The summed E-state index contributed by atoms with van der Waals surface area (Å²) in [6.45, 7) is 3.71. The summed E-state index contributed by atoms with van der Waals surface area (Å²) >= 11 is 7.33. The van der Waals surface area contributed by atoms with Crippen LogP contribution < -0.4 is 14.8 Å². The molecule has 3 aromatic rings. The van der Waals surface area contributed by atoms with Crippen molar-refractivity contribution in [3.05, 3.63) is 77.1 Å². The smallest absolute Gasteiger partial charge is 0.255 e. The highest BCUT2D eigenvalue weighted by Gasteiger charge is 2.24. The fraction of sp³-hybridized carbons (Fsp3) is 0.261. The Bertz CT molecular complexity index is 1090. The van der Waals surface area contributed by atoms with Gasteiger partial charge in [-0.1, -0.05) is 60.3 Å². The first-order valence-corrected chi connectivity index (χ1v) is 11.2. The van der Waals surface area contributed by atoms with Gasteiger partial charge in [0.2, 0.25) is 0 Å². The van der Waals surface area contributed by atoms with E-state index in [0.29, 0.717) is 45.2 Å². The molecule has 0 saturated carbocycles. The highest BCUT2D eigenvalue weighted by Crippen LogP contribution is 2.27. The number of amides is 1. The van der Waals surface area contributed by atoms with Gasteiger partial charge < -0.3 is 19.4 Å². The molecule has 1 N–H and O–H groups in total. The summed E-state index contributed by atoms with van der Waals surface area (Å²) in [5.74, 6) is 1.91. The molecule has 0 aliphatic rings. The third-order valence-corrected chi connectivity index (χ3v) is 6.18. The van der Waals surface area contributed by atoms with Crippen LogP contribution in [0.2, 0.25) is 0 Å². The Hall–Kier alpha value is -2.97. The average molecular weight is 473 g/mol. The molecule has 0 aliphatic carbocycles. The maximum atomic E-state index is 13.2. The standard InChI is InChI=1S/C23H25ClN4O3S/c1-15(24)14-32-23-27-26-21(28(23)2)19(12-16-8-6-5-7-9-16)25-22(29)18-11-10-17(30-3)13-20(18)31-4/h5-11,13,19H,1,12,14H2,2-4H3,(H,25,29)/t19-/m1/s1. The summed E-state index contributed by atoms with van der Waals surface area (Å²) < 4.78 is 12.5. The summed E-state index contributed by atoms with van der Waals surface area (Å²) in [5.41, 5.74) is 1.47. The van der Waals surface area contributed by atoms with E-state index in [1.807, 2.05) is 41.9 Å². The normalized spacial score (nSPS) is 11.6. The summed E-state index contributed by atoms with van der Waals surface area (Å²) in [6, 6.07) is 14.6. The average Bonchev–Trinajstić information content (AvgIpc) is 3.17. The van der Waals surface area contributed by atoms with E-state index in [9.17, 15) is 4.79 Å². The Morgan fingerprint density at radius 2 is 1.94 bits per heavy atom. The summed E-state index contributed by atoms with van der Waals surface area (Å²) in [4.78, 5) is 13.2. The number of benzene rings is 2. The van der Waals surface area contributed by atoms with Crippen molar-refractivity contribution in [3.63, 3.8) is 0 Å². The molecular formula is C23H25ClN4O3S. The first kappa shape index (κ1) is 23.7. The Balaban J connectivity index is 1.90. The van der Waals surface area contributed by atoms with Crippen LogP contribution in [0.1, 0.15) is 27.8 Å². The van der Waals surface area contributed by atoms with Crippen molar-refractivity contribution in [2.24, 2.45) is 7.05 Å². The molecule has 0 radical (unpaired) electrons. The molecule has 1 heterocycles. The number of carbonyl (C=O) groups is 1. The Labute approximate surface area is 196 Å². The third-order valence-electron chi connectivity index (χ3n) is 4.78. The molecule has 0 unspecified atom stereocenters. The zero-order valence-corrected chi connectivity index (χ0v) is 19.7. The van der Waals surface area contributed by atoms with Crippen LogP contribution in [-0.2, 0) is 13.5 Å². The van der Waals surface area contributed by atoms with E-state index in [2.05, 4.69) is 22.1 Å². The van der Waals surface area contributed by atoms with Crippen LogP contribution in [-0.4, -0.2) is 40.6 Å². The predicted octanol–water partition coefficient (Wildman–Crippen LogP) is 4.39. The number of thioether (sulfide) groups is 1. The molecule has 9 heteroatoms. The quantitative estimate of drug-likeness (QED) is 0.441. The number of hydrogen-bond donors (Lipinski definition) is 1. The topological polar surface area (TPSA) is 78.3 Å². The lowest BCUT2D eigenvalue weighted by molar-refractivity contribution is 0.0931. The summed E-state index contributed by atoms with van der Waals surface area (Å²) in [5, 5.41) is 12.9. The lowest BCUT2D eigenvalue weighted by atomic mass is 10.0. The number of rotatable bonds is 10. The van der Waals surface area contributed by atoms with E-state index in [1.165, 1.54) is 18.9 Å². The van der Waals surface area contributed by atoms with Gasteiger partial charge in [-0.05, 0) is 24.1 Å². The highest BCUT2D eigenvalue weighted by atomic mass is 35.5. The molecule has 1 aromatic heterocycles. The van der Waals surface area contributed by atoms with Crippen molar-refractivity contribution < 1.29 is 14.3 Å². The van der Waals surface area contributed by atoms with Crippen molar-refractivity contribution in [3.8, 4) is 11.5 Å². The largest absolute Gasteiger partial charge is 0.497 e. The van der Waals surface area contributed by atoms with Gasteiger partial charge in [-0.3, -0.25) is 4.79 Å². The van der Waals surface area contributed by atoms with Crippen LogP contribution in [0.5, 0.6) is 11.5 Å². The number of halogens is 1. The molecule has 7 nitrogen and oxygen atoms in total. The summed E-state index contributed by atoms with van der Waals surface area (Å²) in [6.07, 6.45) is 0.546. The van der Waals surface area contributed by atoms with Gasteiger partial charge in [0.25, 0.3) is 5.91 Å². The number of aromatic nitrogens is 3. The van der Waals surface area contributed by atoms with Gasteiger partial charge in [-0.2, -0.15) is 0 Å². The second-order valence-electron chi connectivity index (χ2n) is 6.99. The van der Waals surface area contributed by atoms with Gasteiger partial charge >= 0.3 is 0 Å². The number of nitrogens with zero attached hydrogens (tertiary/aromatic N) is 3. The predicted molar refractivity (Wildman–Crippen MR) is 127 cm³/mol. The van der Waals surface area contributed by atoms with Gasteiger partial charge in [0, 0.05) is 23.9 Å². The van der Waals surface area contributed by atoms with Gasteiger partial charge in [-0.25, -0.2) is 0 Å². The van der Waals surface area contributed by atoms with Crippen LogP contribution in [0.25, 0.3) is 0 Å². The van der Waals surface area contributed by atoms with Crippen LogP contribution >= 0.6 is 23.4 Å². The minimum atomic E-state index is -0.414. The molecule has 0 bridgehead atoms. The lowest BCUT2D eigenvalue weighted by Gasteiger charge is -2.19. The van der Waals surface area contributed by atoms with Crippen molar-refractivity contribution in [1.29, 1.82) is 0 Å².